The first kappa shape index (κ1) is 13.3. The lowest BCUT2D eigenvalue weighted by molar-refractivity contribution is -0.143. The summed E-state index contributed by atoms with van der Waals surface area (Å²) in [5.41, 5.74) is 0.233. The Hall–Kier alpha value is -1.10. The summed E-state index contributed by atoms with van der Waals surface area (Å²) >= 11 is 6.01. The molecule has 0 bridgehead atoms. The van der Waals surface area contributed by atoms with Gasteiger partial charge in [0.05, 0.1) is 20.3 Å². The van der Waals surface area contributed by atoms with Gasteiger partial charge in [-0.3, -0.25) is 0 Å². The van der Waals surface area contributed by atoms with Crippen LogP contribution in [0.2, 0.25) is 0 Å². The summed E-state index contributed by atoms with van der Waals surface area (Å²) in [6.45, 7) is 2.41. The van der Waals surface area contributed by atoms with Gasteiger partial charge < -0.3 is 14.2 Å². The first-order chi connectivity index (χ1) is 8.52. The summed E-state index contributed by atoms with van der Waals surface area (Å²) in [7, 11) is 1.28. The summed E-state index contributed by atoms with van der Waals surface area (Å²) < 4.78 is 15.4. The normalized spacial score (nSPS) is 29.9. The van der Waals surface area contributed by atoms with E-state index in [0.29, 0.717) is 6.61 Å². The molecular formula is C13H15ClO4. The molecule has 4 nitrogen and oxygen atoms in total. The zero-order valence-corrected chi connectivity index (χ0v) is 11.1. The Bertz CT molecular complexity index is 436. The number of ether oxygens (including phenoxy) is 3. The SMILES string of the molecule is COC(=O)C1(Cl)OC1(C)COCc1ccccc1. The molecule has 2 atom stereocenters. The second kappa shape index (κ2) is 4.88. The largest absolute Gasteiger partial charge is 0.466 e. The van der Waals surface area contributed by atoms with Gasteiger partial charge in [0.15, 0.2) is 0 Å². The number of hydrogen-bond donors (Lipinski definition) is 0. The minimum absolute atomic E-state index is 0.237. The summed E-state index contributed by atoms with van der Waals surface area (Å²) in [6, 6.07) is 9.74. The molecule has 1 aromatic carbocycles. The lowest BCUT2D eigenvalue weighted by atomic mass is 10.1. The number of epoxide rings is 1. The van der Waals surface area contributed by atoms with Crippen LogP contribution in [0.5, 0.6) is 0 Å². The van der Waals surface area contributed by atoms with E-state index < -0.39 is 16.6 Å². The highest BCUT2D eigenvalue weighted by molar-refractivity contribution is 6.35. The highest BCUT2D eigenvalue weighted by Crippen LogP contribution is 2.52. The lowest BCUT2D eigenvalue weighted by Crippen LogP contribution is -2.31. The standard InChI is InChI=1S/C13H15ClO4/c1-12(13(14,18-12)11(15)16-2)9-17-8-10-6-4-3-5-7-10/h3-7H,8-9H2,1-2H3. The van der Waals surface area contributed by atoms with E-state index in [4.69, 9.17) is 21.1 Å². The Morgan fingerprint density at radius 1 is 1.39 bits per heavy atom. The van der Waals surface area contributed by atoms with Crippen molar-refractivity contribution in [3.05, 3.63) is 35.9 Å². The molecule has 18 heavy (non-hydrogen) atoms. The van der Waals surface area contributed by atoms with Gasteiger partial charge in [-0.1, -0.05) is 41.9 Å². The van der Waals surface area contributed by atoms with E-state index in [1.807, 2.05) is 30.3 Å². The van der Waals surface area contributed by atoms with E-state index in [2.05, 4.69) is 4.74 Å². The zero-order valence-electron chi connectivity index (χ0n) is 10.3. The molecule has 0 radical (unpaired) electrons. The van der Waals surface area contributed by atoms with Crippen LogP contribution in [0.3, 0.4) is 0 Å². The number of carbonyl (C=O) groups is 1. The smallest absolute Gasteiger partial charge is 0.357 e. The number of methoxy groups -OCH3 is 1. The Morgan fingerprint density at radius 3 is 2.67 bits per heavy atom. The monoisotopic (exact) mass is 270 g/mol. The molecule has 1 heterocycles. The van der Waals surface area contributed by atoms with Crippen LogP contribution >= 0.6 is 11.6 Å². The molecule has 98 valence electrons. The maximum absolute atomic E-state index is 11.4. The molecule has 1 aliphatic rings. The molecule has 5 heteroatoms. The lowest BCUT2D eigenvalue weighted by Gasteiger charge is -2.10. The molecule has 0 aliphatic carbocycles. The van der Waals surface area contributed by atoms with Crippen molar-refractivity contribution in [1.29, 1.82) is 0 Å². The van der Waals surface area contributed by atoms with Gasteiger partial charge in [-0.2, -0.15) is 0 Å². The molecule has 2 rings (SSSR count). The number of alkyl halides is 1. The number of rotatable bonds is 5. The molecule has 0 amide bonds. The third kappa shape index (κ3) is 2.36. The highest BCUT2D eigenvalue weighted by Gasteiger charge is 2.73. The van der Waals surface area contributed by atoms with Crippen LogP contribution in [0.25, 0.3) is 0 Å². The number of benzene rings is 1. The van der Waals surface area contributed by atoms with Crippen molar-refractivity contribution in [2.75, 3.05) is 13.7 Å². The molecule has 1 fully saturated rings. The quantitative estimate of drug-likeness (QED) is 0.467. The zero-order chi connectivity index (χ0) is 13.2. The topological polar surface area (TPSA) is 48.1 Å². The Labute approximate surface area is 111 Å². The van der Waals surface area contributed by atoms with Crippen LogP contribution < -0.4 is 0 Å². The van der Waals surface area contributed by atoms with E-state index in [1.165, 1.54) is 7.11 Å². The first-order valence-corrected chi connectivity index (χ1v) is 5.99. The van der Waals surface area contributed by atoms with Gasteiger partial charge in [-0.05, 0) is 12.5 Å². The van der Waals surface area contributed by atoms with Crippen LogP contribution in [0.1, 0.15) is 12.5 Å². The van der Waals surface area contributed by atoms with Crippen LogP contribution in [0.4, 0.5) is 0 Å². The Kier molecular flexibility index (Phi) is 3.61. The molecule has 0 N–H and O–H groups in total. The third-order valence-corrected chi connectivity index (χ3v) is 3.57. The van der Waals surface area contributed by atoms with Crippen molar-refractivity contribution in [3.8, 4) is 0 Å². The summed E-state index contributed by atoms with van der Waals surface area (Å²) in [6.07, 6.45) is 0. The summed E-state index contributed by atoms with van der Waals surface area (Å²) in [5.74, 6) is -0.588. The van der Waals surface area contributed by atoms with Crippen molar-refractivity contribution < 1.29 is 19.0 Å². The van der Waals surface area contributed by atoms with Crippen molar-refractivity contribution in [2.24, 2.45) is 0 Å². The molecule has 1 saturated heterocycles. The Morgan fingerprint density at radius 2 is 2.06 bits per heavy atom. The maximum Gasteiger partial charge on any atom is 0.357 e. The predicted molar refractivity (Wildman–Crippen MR) is 66.2 cm³/mol. The van der Waals surface area contributed by atoms with Gasteiger partial charge in [-0.15, -0.1) is 0 Å². The molecule has 0 aromatic heterocycles. The minimum atomic E-state index is -1.40. The van der Waals surface area contributed by atoms with Crippen molar-refractivity contribution >= 4 is 17.6 Å². The number of carbonyl (C=O) groups excluding carboxylic acids is 1. The first-order valence-electron chi connectivity index (χ1n) is 5.61. The second-order valence-electron chi connectivity index (χ2n) is 4.40. The number of halogens is 1. The molecule has 1 aromatic rings. The third-order valence-electron chi connectivity index (χ3n) is 2.94. The van der Waals surface area contributed by atoms with Gasteiger partial charge in [0, 0.05) is 0 Å². The fraction of sp³-hybridized carbons (Fsp3) is 0.462. The fourth-order valence-electron chi connectivity index (χ4n) is 1.73. The maximum atomic E-state index is 11.4. The predicted octanol–water partition coefficient (Wildman–Crippen LogP) is 2.10. The number of hydrogen-bond acceptors (Lipinski definition) is 4. The van der Waals surface area contributed by atoms with Gasteiger partial charge in [0.25, 0.3) is 5.06 Å². The van der Waals surface area contributed by atoms with Gasteiger partial charge in [0.1, 0.15) is 5.60 Å². The second-order valence-corrected chi connectivity index (χ2v) is 4.93. The number of esters is 1. The average molecular weight is 271 g/mol. The van der Waals surface area contributed by atoms with Crippen LogP contribution in [0.15, 0.2) is 30.3 Å². The van der Waals surface area contributed by atoms with Gasteiger partial charge >= 0.3 is 5.97 Å². The van der Waals surface area contributed by atoms with Crippen molar-refractivity contribution in [2.45, 2.75) is 24.2 Å². The van der Waals surface area contributed by atoms with Crippen LogP contribution in [-0.2, 0) is 25.6 Å². The molecular weight excluding hydrogens is 256 g/mol. The van der Waals surface area contributed by atoms with Gasteiger partial charge in [-0.25, -0.2) is 4.79 Å². The molecule has 0 saturated carbocycles. The highest BCUT2D eigenvalue weighted by atomic mass is 35.5. The van der Waals surface area contributed by atoms with Crippen molar-refractivity contribution in [3.63, 3.8) is 0 Å². The summed E-state index contributed by atoms with van der Waals surface area (Å²) in [5, 5.41) is -1.40. The van der Waals surface area contributed by atoms with E-state index >= 15 is 0 Å². The van der Waals surface area contributed by atoms with Crippen LogP contribution in [-0.4, -0.2) is 30.3 Å². The van der Waals surface area contributed by atoms with Crippen molar-refractivity contribution in [1.82, 2.24) is 0 Å². The van der Waals surface area contributed by atoms with Crippen LogP contribution in [0, 0.1) is 0 Å². The fourth-order valence-corrected chi connectivity index (χ4v) is 2.04. The van der Waals surface area contributed by atoms with E-state index in [1.54, 1.807) is 6.92 Å². The Balaban J connectivity index is 1.84. The molecule has 1 aliphatic heterocycles. The average Bonchev–Trinajstić information content (AvgIpc) is 2.93. The van der Waals surface area contributed by atoms with E-state index in [9.17, 15) is 4.79 Å². The molecule has 2 unspecified atom stereocenters. The van der Waals surface area contributed by atoms with E-state index in [-0.39, 0.29) is 6.61 Å². The van der Waals surface area contributed by atoms with Gasteiger partial charge in [0.2, 0.25) is 0 Å². The molecule has 0 spiro atoms. The van der Waals surface area contributed by atoms with E-state index in [0.717, 1.165) is 5.56 Å². The summed E-state index contributed by atoms with van der Waals surface area (Å²) in [4.78, 5) is 11.4. The minimum Gasteiger partial charge on any atom is -0.466 e.